The number of fused-ring (bicyclic) bond motifs is 2. The van der Waals surface area contributed by atoms with Crippen LogP contribution in [-0.4, -0.2) is 41.0 Å². The summed E-state index contributed by atoms with van der Waals surface area (Å²) in [5, 5.41) is 28.9. The average Bonchev–Trinajstić information content (AvgIpc) is 3.20. The summed E-state index contributed by atoms with van der Waals surface area (Å²) >= 11 is 1.56. The van der Waals surface area contributed by atoms with Crippen molar-refractivity contribution in [2.45, 2.75) is 58.0 Å². The smallest absolute Gasteiger partial charge is 0.127 e. The van der Waals surface area contributed by atoms with Gasteiger partial charge < -0.3 is 16.0 Å². The van der Waals surface area contributed by atoms with Crippen LogP contribution in [0.1, 0.15) is 61.4 Å². The van der Waals surface area contributed by atoms with Crippen LogP contribution in [0.15, 0.2) is 24.4 Å². The van der Waals surface area contributed by atoms with Crippen LogP contribution >= 0.6 is 11.3 Å². The molecular weight excluding hydrogens is 444 g/mol. The van der Waals surface area contributed by atoms with E-state index in [4.69, 9.17) is 15.4 Å². The minimum absolute atomic E-state index is 0.173. The Morgan fingerprint density at radius 3 is 2.85 bits per heavy atom. The summed E-state index contributed by atoms with van der Waals surface area (Å²) in [6, 6.07) is 4.46. The van der Waals surface area contributed by atoms with Crippen LogP contribution in [0.25, 0.3) is 27.2 Å². The zero-order valence-electron chi connectivity index (χ0n) is 20.0. The number of rotatable bonds is 7. The number of hydrogen-bond donors (Lipinski definition) is 4. The number of allylic oxidation sites excluding steroid dienone is 1. The SMILES string of the molecule is CN/C(=C\C=N)c1cc(-c2cnc3c(c2)CNCC3)nc2sc(N(O)C3CCC3)c(C(C)C)c12. The van der Waals surface area contributed by atoms with Crippen molar-refractivity contribution < 1.29 is 5.21 Å². The molecule has 0 radical (unpaired) electrons. The summed E-state index contributed by atoms with van der Waals surface area (Å²) in [6.07, 6.45) is 9.13. The van der Waals surface area contributed by atoms with Crippen molar-refractivity contribution in [3.8, 4) is 11.3 Å². The molecule has 1 aliphatic heterocycles. The molecule has 5 rings (SSSR count). The lowest BCUT2D eigenvalue weighted by molar-refractivity contribution is 0.172. The van der Waals surface area contributed by atoms with Gasteiger partial charge in [-0.1, -0.05) is 25.2 Å². The van der Waals surface area contributed by atoms with E-state index in [-0.39, 0.29) is 12.0 Å². The highest BCUT2D eigenvalue weighted by Crippen LogP contribution is 2.46. The monoisotopic (exact) mass is 476 g/mol. The Morgan fingerprint density at radius 1 is 1.35 bits per heavy atom. The van der Waals surface area contributed by atoms with Crippen LogP contribution in [0.5, 0.6) is 0 Å². The van der Waals surface area contributed by atoms with Crippen molar-refractivity contribution in [3.05, 3.63) is 46.8 Å². The molecule has 0 bridgehead atoms. The van der Waals surface area contributed by atoms with Gasteiger partial charge in [-0.2, -0.15) is 0 Å². The molecule has 4 heterocycles. The van der Waals surface area contributed by atoms with Gasteiger partial charge in [0.2, 0.25) is 0 Å². The Labute approximate surface area is 204 Å². The lowest BCUT2D eigenvalue weighted by atomic mass is 9.91. The van der Waals surface area contributed by atoms with Crippen molar-refractivity contribution in [2.24, 2.45) is 0 Å². The van der Waals surface area contributed by atoms with E-state index in [2.05, 4.69) is 36.6 Å². The molecule has 1 fully saturated rings. The topological polar surface area (TPSA) is 97.2 Å². The average molecular weight is 477 g/mol. The van der Waals surface area contributed by atoms with Crippen molar-refractivity contribution in [1.29, 1.82) is 5.41 Å². The summed E-state index contributed by atoms with van der Waals surface area (Å²) < 4.78 is 0. The van der Waals surface area contributed by atoms with E-state index in [9.17, 15) is 5.21 Å². The zero-order chi connectivity index (χ0) is 23.8. The Bertz CT molecular complexity index is 1260. The number of anilines is 1. The maximum absolute atomic E-state index is 11.1. The second-order valence-corrected chi connectivity index (χ2v) is 10.4. The van der Waals surface area contributed by atoms with Gasteiger partial charge >= 0.3 is 0 Å². The normalized spacial score (nSPS) is 16.4. The van der Waals surface area contributed by atoms with E-state index in [1.54, 1.807) is 17.4 Å². The maximum Gasteiger partial charge on any atom is 0.127 e. The van der Waals surface area contributed by atoms with Gasteiger partial charge in [-0.3, -0.25) is 10.2 Å². The first-order valence-electron chi connectivity index (χ1n) is 12.0. The Morgan fingerprint density at radius 2 is 2.18 bits per heavy atom. The summed E-state index contributed by atoms with van der Waals surface area (Å²) in [4.78, 5) is 10.7. The van der Waals surface area contributed by atoms with Crippen LogP contribution in [0.4, 0.5) is 5.00 Å². The molecule has 0 atom stereocenters. The van der Waals surface area contributed by atoms with Gasteiger partial charge in [0.1, 0.15) is 9.83 Å². The first-order chi connectivity index (χ1) is 16.5. The third-order valence-electron chi connectivity index (χ3n) is 6.90. The van der Waals surface area contributed by atoms with Gasteiger partial charge in [-0.15, -0.1) is 0 Å². The number of hydroxylamine groups is 1. The second kappa shape index (κ2) is 9.44. The second-order valence-electron chi connectivity index (χ2n) is 9.39. The van der Waals surface area contributed by atoms with E-state index < -0.39 is 0 Å². The van der Waals surface area contributed by atoms with Crippen LogP contribution in [0.2, 0.25) is 0 Å². The molecule has 8 heteroatoms. The van der Waals surface area contributed by atoms with Gasteiger partial charge in [-0.25, -0.2) is 10.0 Å². The summed E-state index contributed by atoms with van der Waals surface area (Å²) in [6.45, 7) is 6.11. The van der Waals surface area contributed by atoms with Gasteiger partial charge in [0.15, 0.2) is 0 Å². The summed E-state index contributed by atoms with van der Waals surface area (Å²) in [7, 11) is 1.88. The predicted molar refractivity (Wildman–Crippen MR) is 140 cm³/mol. The maximum atomic E-state index is 11.1. The number of nitrogens with zero attached hydrogens (tertiary/aromatic N) is 3. The van der Waals surface area contributed by atoms with Crippen LogP contribution < -0.4 is 15.7 Å². The number of pyridine rings is 2. The minimum Gasteiger partial charge on any atom is -0.388 e. The van der Waals surface area contributed by atoms with Gasteiger partial charge in [0, 0.05) is 72.4 Å². The summed E-state index contributed by atoms with van der Waals surface area (Å²) in [5.41, 5.74) is 7.17. The molecule has 3 aromatic heterocycles. The van der Waals surface area contributed by atoms with E-state index >= 15 is 0 Å². The molecule has 7 nitrogen and oxygen atoms in total. The van der Waals surface area contributed by atoms with Crippen LogP contribution in [-0.2, 0) is 13.0 Å². The fourth-order valence-electron chi connectivity index (χ4n) is 4.85. The molecule has 0 unspecified atom stereocenters. The minimum atomic E-state index is 0.173. The lowest BCUT2D eigenvalue weighted by Gasteiger charge is -2.34. The third kappa shape index (κ3) is 4.00. The number of aromatic nitrogens is 2. The van der Waals surface area contributed by atoms with Crippen molar-refractivity contribution >= 4 is 38.5 Å². The molecule has 1 aliphatic carbocycles. The molecule has 2 aliphatic rings. The highest BCUT2D eigenvalue weighted by Gasteiger charge is 2.30. The van der Waals surface area contributed by atoms with Gasteiger partial charge in [0.05, 0.1) is 11.7 Å². The van der Waals surface area contributed by atoms with E-state index in [0.29, 0.717) is 0 Å². The molecule has 1 saturated carbocycles. The molecule has 0 spiro atoms. The highest BCUT2D eigenvalue weighted by atomic mass is 32.1. The van der Waals surface area contributed by atoms with Crippen molar-refractivity contribution in [3.63, 3.8) is 0 Å². The largest absolute Gasteiger partial charge is 0.388 e. The number of hydrogen-bond acceptors (Lipinski definition) is 8. The number of thiophene rings is 1. The third-order valence-corrected chi connectivity index (χ3v) is 7.99. The van der Waals surface area contributed by atoms with E-state index in [1.165, 1.54) is 16.8 Å². The Balaban J connectivity index is 1.74. The quantitative estimate of drug-likeness (QED) is 0.280. The standard InChI is InChI=1S/C26H32N6OS/c1-15(2)23-24-19(21(28-3)7-9-27)12-22(17-11-16-13-29-10-8-20(16)30-14-17)31-25(24)34-26(23)32(33)18-5-4-6-18/h7,9,11-12,14-15,18,27-29,33H,4-6,8,10,13H2,1-3H3/b21-7-,27-9?. The lowest BCUT2D eigenvalue weighted by Crippen LogP contribution is -2.37. The predicted octanol–water partition coefficient (Wildman–Crippen LogP) is 5.09. The molecule has 0 amide bonds. The molecule has 34 heavy (non-hydrogen) atoms. The van der Waals surface area contributed by atoms with Gasteiger partial charge in [-0.05, 0) is 49.0 Å². The molecular formula is C26H32N6OS. The molecule has 0 aromatic carbocycles. The summed E-state index contributed by atoms with van der Waals surface area (Å²) in [5.74, 6) is 0.208. The van der Waals surface area contributed by atoms with Crippen LogP contribution in [0.3, 0.4) is 0 Å². The zero-order valence-corrected chi connectivity index (χ0v) is 20.8. The highest BCUT2D eigenvalue weighted by molar-refractivity contribution is 7.22. The fraction of sp³-hybridized carbons (Fsp3) is 0.423. The van der Waals surface area contributed by atoms with Gasteiger partial charge in [0.25, 0.3) is 0 Å². The first-order valence-corrected chi connectivity index (χ1v) is 12.9. The van der Waals surface area contributed by atoms with Crippen molar-refractivity contribution in [2.75, 3.05) is 18.7 Å². The number of nitrogens with one attached hydrogen (secondary N) is 3. The Kier molecular flexibility index (Phi) is 6.38. The van der Waals surface area contributed by atoms with Crippen LogP contribution in [0, 0.1) is 5.41 Å². The van der Waals surface area contributed by atoms with E-state index in [0.717, 1.165) is 87.8 Å². The first kappa shape index (κ1) is 23.0. The fourth-order valence-corrected chi connectivity index (χ4v) is 6.19. The molecule has 178 valence electrons. The Hall–Kier alpha value is -2.81. The molecule has 0 saturated heterocycles. The van der Waals surface area contributed by atoms with Crippen molar-refractivity contribution in [1.82, 2.24) is 20.6 Å². The molecule has 4 N–H and O–H groups in total. The van der Waals surface area contributed by atoms with E-state index in [1.807, 2.05) is 13.2 Å². The molecule has 3 aromatic rings.